The summed E-state index contributed by atoms with van der Waals surface area (Å²) in [6, 6.07) is 34.8. The third kappa shape index (κ3) is 5.24. The second kappa shape index (κ2) is 10.3. The smallest absolute Gasteiger partial charge is 0.267 e. The Hall–Kier alpha value is -3.61. The molecular formula is C29H21BrN2O2S. The molecule has 1 aliphatic rings. The fourth-order valence-corrected chi connectivity index (χ4v) is 5.46. The maximum absolute atomic E-state index is 13.4. The Morgan fingerprint density at radius 2 is 1.49 bits per heavy atom. The molecule has 0 bridgehead atoms. The van der Waals surface area contributed by atoms with Gasteiger partial charge in [-0.3, -0.25) is 15.0 Å². The van der Waals surface area contributed by atoms with Crippen molar-refractivity contribution in [2.45, 2.75) is 5.37 Å². The highest BCUT2D eigenvalue weighted by atomic mass is 79.9. The van der Waals surface area contributed by atoms with Gasteiger partial charge >= 0.3 is 0 Å². The van der Waals surface area contributed by atoms with Crippen LogP contribution < -0.4 is 5.43 Å². The molecule has 1 N–H and O–H groups in total. The Balaban J connectivity index is 1.41. The maximum atomic E-state index is 13.4. The second-order valence-corrected chi connectivity index (χ2v) is 10.0. The van der Waals surface area contributed by atoms with Crippen molar-refractivity contribution in [3.8, 4) is 11.1 Å². The van der Waals surface area contributed by atoms with Crippen LogP contribution in [0.4, 0.5) is 0 Å². The van der Waals surface area contributed by atoms with E-state index in [1.807, 2.05) is 103 Å². The molecule has 1 aliphatic heterocycles. The zero-order chi connectivity index (χ0) is 24.2. The molecule has 0 aromatic heterocycles. The minimum absolute atomic E-state index is 0.238. The van der Waals surface area contributed by atoms with Gasteiger partial charge in [0.2, 0.25) is 0 Å². The molecule has 35 heavy (non-hydrogen) atoms. The minimum atomic E-state index is -0.366. The molecule has 1 fully saturated rings. The molecule has 4 aromatic carbocycles. The van der Waals surface area contributed by atoms with Gasteiger partial charge in [0.15, 0.2) is 0 Å². The molecule has 1 heterocycles. The van der Waals surface area contributed by atoms with Crippen molar-refractivity contribution in [3.63, 3.8) is 0 Å². The predicted octanol–water partition coefficient (Wildman–Crippen LogP) is 7.08. The van der Waals surface area contributed by atoms with Crippen molar-refractivity contribution in [2.75, 3.05) is 0 Å². The standard InChI is InChI=1S/C29H21BrN2O2S/c30-25-13-7-8-20(18-25)19-26-28(34)32(29(35-26)24-11-5-2-6-12-24)31-27(33)23-16-14-22(15-17-23)21-9-3-1-4-10-21/h1-19,29H,(H,31,33)/b26-19-. The number of halogens is 1. The molecule has 1 saturated heterocycles. The van der Waals surface area contributed by atoms with Gasteiger partial charge in [0.1, 0.15) is 5.37 Å². The van der Waals surface area contributed by atoms with Crippen LogP contribution in [0.2, 0.25) is 0 Å². The van der Waals surface area contributed by atoms with Gasteiger partial charge < -0.3 is 0 Å². The molecule has 6 heteroatoms. The lowest BCUT2D eigenvalue weighted by Crippen LogP contribution is -2.44. The highest BCUT2D eigenvalue weighted by Gasteiger charge is 2.38. The summed E-state index contributed by atoms with van der Waals surface area (Å²) in [7, 11) is 0. The van der Waals surface area contributed by atoms with Gasteiger partial charge in [0, 0.05) is 10.0 Å². The first-order valence-electron chi connectivity index (χ1n) is 11.1. The summed E-state index contributed by atoms with van der Waals surface area (Å²) in [4.78, 5) is 27.1. The third-order valence-electron chi connectivity index (χ3n) is 5.61. The van der Waals surface area contributed by atoms with E-state index >= 15 is 0 Å². The first kappa shape index (κ1) is 23.1. The lowest BCUT2D eigenvalue weighted by atomic mass is 10.0. The van der Waals surface area contributed by atoms with Crippen LogP contribution in [0.15, 0.2) is 119 Å². The fourth-order valence-electron chi connectivity index (χ4n) is 3.85. The Morgan fingerprint density at radius 1 is 0.829 bits per heavy atom. The Bertz CT molecular complexity index is 1390. The number of rotatable bonds is 5. The summed E-state index contributed by atoms with van der Waals surface area (Å²) in [5.41, 5.74) is 7.29. The van der Waals surface area contributed by atoms with E-state index in [1.165, 1.54) is 16.8 Å². The number of nitrogens with one attached hydrogen (secondary N) is 1. The number of carbonyl (C=O) groups is 2. The van der Waals surface area contributed by atoms with Crippen LogP contribution in [-0.4, -0.2) is 16.8 Å². The zero-order valence-corrected chi connectivity index (χ0v) is 21.0. The number of nitrogens with zero attached hydrogens (tertiary/aromatic N) is 1. The van der Waals surface area contributed by atoms with Gasteiger partial charge in [-0.15, -0.1) is 0 Å². The average molecular weight is 541 g/mol. The molecule has 0 saturated carbocycles. The van der Waals surface area contributed by atoms with E-state index in [0.29, 0.717) is 10.5 Å². The molecule has 0 radical (unpaired) electrons. The van der Waals surface area contributed by atoms with Crippen molar-refractivity contribution in [1.29, 1.82) is 0 Å². The van der Waals surface area contributed by atoms with E-state index < -0.39 is 0 Å². The van der Waals surface area contributed by atoms with Gasteiger partial charge in [-0.25, -0.2) is 5.01 Å². The molecule has 0 spiro atoms. The first-order chi connectivity index (χ1) is 17.1. The summed E-state index contributed by atoms with van der Waals surface area (Å²) in [6.07, 6.45) is 1.86. The Labute approximate surface area is 216 Å². The molecule has 2 amide bonds. The first-order valence-corrected chi connectivity index (χ1v) is 12.7. The van der Waals surface area contributed by atoms with Crippen LogP contribution in [0, 0.1) is 0 Å². The van der Waals surface area contributed by atoms with Crippen LogP contribution in [0.1, 0.15) is 26.9 Å². The quantitative estimate of drug-likeness (QED) is 0.275. The number of benzene rings is 4. The minimum Gasteiger partial charge on any atom is -0.267 e. The van der Waals surface area contributed by atoms with Gasteiger partial charge in [-0.2, -0.15) is 0 Å². The van der Waals surface area contributed by atoms with Crippen LogP contribution >= 0.6 is 27.7 Å². The van der Waals surface area contributed by atoms with E-state index in [-0.39, 0.29) is 17.2 Å². The highest BCUT2D eigenvalue weighted by molar-refractivity contribution is 9.10. The summed E-state index contributed by atoms with van der Waals surface area (Å²) < 4.78 is 0.936. The summed E-state index contributed by atoms with van der Waals surface area (Å²) >= 11 is 4.90. The van der Waals surface area contributed by atoms with E-state index in [4.69, 9.17) is 0 Å². The van der Waals surface area contributed by atoms with Gasteiger partial charge in [-0.1, -0.05) is 113 Å². The molecule has 172 valence electrons. The third-order valence-corrected chi connectivity index (χ3v) is 7.36. The zero-order valence-electron chi connectivity index (χ0n) is 18.6. The van der Waals surface area contributed by atoms with Crippen LogP contribution in [0.5, 0.6) is 0 Å². The van der Waals surface area contributed by atoms with E-state index in [1.54, 1.807) is 12.1 Å². The monoisotopic (exact) mass is 540 g/mol. The van der Waals surface area contributed by atoms with Crippen molar-refractivity contribution < 1.29 is 9.59 Å². The van der Waals surface area contributed by atoms with Crippen molar-refractivity contribution in [2.24, 2.45) is 0 Å². The molecule has 4 aromatic rings. The van der Waals surface area contributed by atoms with Crippen molar-refractivity contribution in [3.05, 3.63) is 135 Å². The summed E-state index contributed by atoms with van der Waals surface area (Å²) in [5, 5.41) is 1.06. The number of carbonyl (C=O) groups excluding carboxylic acids is 2. The van der Waals surface area contributed by atoms with E-state index in [0.717, 1.165) is 26.7 Å². The molecule has 4 nitrogen and oxygen atoms in total. The normalized spacial score (nSPS) is 16.5. The molecule has 0 aliphatic carbocycles. The maximum Gasteiger partial charge on any atom is 0.280 e. The van der Waals surface area contributed by atoms with E-state index in [2.05, 4.69) is 21.4 Å². The number of hydrazine groups is 1. The van der Waals surface area contributed by atoms with E-state index in [9.17, 15) is 9.59 Å². The fraction of sp³-hybridized carbons (Fsp3) is 0.0345. The van der Waals surface area contributed by atoms with Gasteiger partial charge in [0.25, 0.3) is 11.8 Å². The molecule has 1 unspecified atom stereocenters. The van der Waals surface area contributed by atoms with Crippen LogP contribution in [-0.2, 0) is 4.79 Å². The SMILES string of the molecule is O=C(NN1C(=O)/C(=C/c2cccc(Br)c2)SC1c1ccccc1)c1ccc(-c2ccccc2)cc1. The van der Waals surface area contributed by atoms with Gasteiger partial charge in [-0.05, 0) is 52.6 Å². The number of hydrogen-bond donors (Lipinski definition) is 1. The van der Waals surface area contributed by atoms with Crippen LogP contribution in [0.3, 0.4) is 0 Å². The highest BCUT2D eigenvalue weighted by Crippen LogP contribution is 2.45. The molecule has 5 rings (SSSR count). The number of hydrogen-bond acceptors (Lipinski definition) is 3. The average Bonchev–Trinajstić information content (AvgIpc) is 3.20. The second-order valence-electron chi connectivity index (χ2n) is 8.00. The Kier molecular flexibility index (Phi) is 6.84. The lowest BCUT2D eigenvalue weighted by Gasteiger charge is -2.24. The largest absolute Gasteiger partial charge is 0.280 e. The lowest BCUT2D eigenvalue weighted by molar-refractivity contribution is -0.128. The number of amides is 2. The predicted molar refractivity (Wildman–Crippen MR) is 145 cm³/mol. The Morgan fingerprint density at radius 3 is 2.17 bits per heavy atom. The van der Waals surface area contributed by atoms with Crippen LogP contribution in [0.25, 0.3) is 17.2 Å². The number of thioether (sulfide) groups is 1. The topological polar surface area (TPSA) is 49.4 Å². The van der Waals surface area contributed by atoms with Crippen molar-refractivity contribution >= 4 is 45.6 Å². The molecule has 1 atom stereocenters. The van der Waals surface area contributed by atoms with Gasteiger partial charge in [0.05, 0.1) is 4.91 Å². The summed E-state index contributed by atoms with van der Waals surface area (Å²) in [5.74, 6) is -0.568. The van der Waals surface area contributed by atoms with Crippen molar-refractivity contribution in [1.82, 2.24) is 10.4 Å². The molecular weight excluding hydrogens is 520 g/mol. The summed E-state index contributed by atoms with van der Waals surface area (Å²) in [6.45, 7) is 0.